The van der Waals surface area contributed by atoms with Gasteiger partial charge in [-0.1, -0.05) is 18.2 Å². The van der Waals surface area contributed by atoms with Gasteiger partial charge < -0.3 is 19.1 Å². The minimum absolute atomic E-state index is 0.104. The fourth-order valence-corrected chi connectivity index (χ4v) is 6.03. The molecule has 2 aliphatic heterocycles. The van der Waals surface area contributed by atoms with Gasteiger partial charge in [-0.2, -0.15) is 0 Å². The second-order valence-electron chi connectivity index (χ2n) is 8.34. The van der Waals surface area contributed by atoms with Crippen LogP contribution >= 0.6 is 0 Å². The monoisotopic (exact) mass is 482 g/mol. The van der Waals surface area contributed by atoms with E-state index in [1.165, 1.54) is 6.20 Å². The van der Waals surface area contributed by atoms with Crippen molar-refractivity contribution in [2.45, 2.75) is 29.6 Å². The Morgan fingerprint density at radius 3 is 2.62 bits per heavy atom. The quantitative estimate of drug-likeness (QED) is 0.509. The molecule has 178 valence electrons. The number of anilines is 1. The Morgan fingerprint density at radius 1 is 1.15 bits per heavy atom. The molecule has 0 saturated carbocycles. The van der Waals surface area contributed by atoms with Crippen molar-refractivity contribution in [1.29, 1.82) is 0 Å². The molecule has 0 N–H and O–H groups in total. The standard InChI is InChI=1S/C25H26N2O6S/c1-2-31-25(28)17-7-6-10-27(16-17)24-19-13-21-22(33-12-11-32-21)14-20(19)26-15-23(24)34(29,30)18-8-4-3-5-9-18/h3-5,8-9,13-15,17H,2,6-7,10-12,16H2,1H3. The number of fused-ring (bicyclic) bond motifs is 2. The summed E-state index contributed by atoms with van der Waals surface area (Å²) in [7, 11) is -3.87. The molecule has 1 aromatic heterocycles. The van der Waals surface area contributed by atoms with Gasteiger partial charge in [0.25, 0.3) is 0 Å². The van der Waals surface area contributed by atoms with Gasteiger partial charge >= 0.3 is 5.97 Å². The topological polar surface area (TPSA) is 95.0 Å². The molecule has 2 aliphatic rings. The highest BCUT2D eigenvalue weighted by Crippen LogP contribution is 2.42. The molecule has 34 heavy (non-hydrogen) atoms. The molecule has 1 atom stereocenters. The number of hydrogen-bond acceptors (Lipinski definition) is 8. The number of esters is 1. The van der Waals surface area contributed by atoms with Crippen LogP contribution in [-0.2, 0) is 19.4 Å². The molecular weight excluding hydrogens is 456 g/mol. The molecule has 5 rings (SSSR count). The molecule has 9 heteroatoms. The molecule has 1 fully saturated rings. The van der Waals surface area contributed by atoms with E-state index in [0.717, 1.165) is 6.42 Å². The minimum atomic E-state index is -3.87. The maximum atomic E-state index is 13.7. The van der Waals surface area contributed by atoms with Crippen molar-refractivity contribution in [2.24, 2.45) is 5.92 Å². The zero-order valence-electron chi connectivity index (χ0n) is 18.9. The van der Waals surface area contributed by atoms with Gasteiger partial charge in [0.2, 0.25) is 9.84 Å². The number of hydrogen-bond donors (Lipinski definition) is 0. The molecule has 8 nitrogen and oxygen atoms in total. The number of sulfone groups is 1. The summed E-state index contributed by atoms with van der Waals surface area (Å²) >= 11 is 0. The number of benzene rings is 2. The van der Waals surface area contributed by atoms with Gasteiger partial charge in [-0.15, -0.1) is 0 Å². The highest BCUT2D eigenvalue weighted by atomic mass is 32.2. The highest BCUT2D eigenvalue weighted by Gasteiger charge is 2.33. The summed E-state index contributed by atoms with van der Waals surface area (Å²) in [5.41, 5.74) is 1.13. The smallest absolute Gasteiger partial charge is 0.310 e. The van der Waals surface area contributed by atoms with Crippen molar-refractivity contribution in [3.05, 3.63) is 48.7 Å². The van der Waals surface area contributed by atoms with Crippen molar-refractivity contribution in [1.82, 2.24) is 4.98 Å². The van der Waals surface area contributed by atoms with E-state index in [4.69, 9.17) is 14.2 Å². The lowest BCUT2D eigenvalue weighted by atomic mass is 9.97. The lowest BCUT2D eigenvalue weighted by molar-refractivity contribution is -0.148. The van der Waals surface area contributed by atoms with Gasteiger partial charge in [0.05, 0.1) is 28.6 Å². The number of ether oxygens (including phenoxy) is 3. The second kappa shape index (κ2) is 9.13. The molecule has 0 bridgehead atoms. The van der Waals surface area contributed by atoms with Gasteiger partial charge in [0.15, 0.2) is 11.5 Å². The van der Waals surface area contributed by atoms with E-state index in [2.05, 4.69) is 4.98 Å². The van der Waals surface area contributed by atoms with E-state index < -0.39 is 9.84 Å². The van der Waals surface area contributed by atoms with Crippen LogP contribution in [0.3, 0.4) is 0 Å². The van der Waals surface area contributed by atoms with E-state index in [0.29, 0.717) is 67.4 Å². The van der Waals surface area contributed by atoms with Gasteiger partial charge in [-0.05, 0) is 38.0 Å². The van der Waals surface area contributed by atoms with Crippen LogP contribution in [-0.4, -0.2) is 52.3 Å². The van der Waals surface area contributed by atoms with Crippen LogP contribution in [0.2, 0.25) is 0 Å². The number of carbonyl (C=O) groups is 1. The molecule has 3 heterocycles. The summed E-state index contributed by atoms with van der Waals surface area (Å²) < 4.78 is 44.2. The fourth-order valence-electron chi connectivity index (χ4n) is 4.58. The van der Waals surface area contributed by atoms with Crippen LogP contribution < -0.4 is 14.4 Å². The number of piperidine rings is 1. The van der Waals surface area contributed by atoms with E-state index in [9.17, 15) is 13.2 Å². The van der Waals surface area contributed by atoms with E-state index >= 15 is 0 Å². The van der Waals surface area contributed by atoms with Crippen LogP contribution in [0.1, 0.15) is 19.8 Å². The average Bonchev–Trinajstić information content (AvgIpc) is 2.87. The third kappa shape index (κ3) is 4.04. The lowest BCUT2D eigenvalue weighted by Crippen LogP contribution is -2.40. The Labute approximate surface area is 198 Å². The summed E-state index contributed by atoms with van der Waals surface area (Å²) in [6.07, 6.45) is 2.85. The van der Waals surface area contributed by atoms with Crippen LogP contribution in [0.4, 0.5) is 5.69 Å². The highest BCUT2D eigenvalue weighted by molar-refractivity contribution is 7.91. The molecule has 1 unspecified atom stereocenters. The first-order chi connectivity index (χ1) is 16.5. The van der Waals surface area contributed by atoms with Crippen LogP contribution in [0.15, 0.2) is 58.5 Å². The molecular formula is C25H26N2O6S. The van der Waals surface area contributed by atoms with Crippen LogP contribution in [0.25, 0.3) is 10.9 Å². The Kier molecular flexibility index (Phi) is 6.03. The van der Waals surface area contributed by atoms with E-state index in [-0.39, 0.29) is 21.7 Å². The third-order valence-corrected chi connectivity index (χ3v) is 7.94. The van der Waals surface area contributed by atoms with Crippen molar-refractivity contribution in [3.63, 3.8) is 0 Å². The van der Waals surface area contributed by atoms with E-state index in [1.54, 1.807) is 49.4 Å². The molecule has 0 aliphatic carbocycles. The number of carbonyl (C=O) groups excluding carboxylic acids is 1. The van der Waals surface area contributed by atoms with Crippen molar-refractivity contribution in [3.8, 4) is 11.5 Å². The Bertz CT molecular complexity index is 1330. The number of pyridine rings is 1. The molecule has 0 radical (unpaired) electrons. The first-order valence-electron chi connectivity index (χ1n) is 11.4. The van der Waals surface area contributed by atoms with Crippen molar-refractivity contribution >= 4 is 32.4 Å². The summed E-state index contributed by atoms with van der Waals surface area (Å²) in [6, 6.07) is 11.9. The van der Waals surface area contributed by atoms with Gasteiger partial charge in [-0.3, -0.25) is 9.78 Å². The summed E-state index contributed by atoms with van der Waals surface area (Å²) in [5.74, 6) is 0.544. The number of aromatic nitrogens is 1. The minimum Gasteiger partial charge on any atom is -0.486 e. The first-order valence-corrected chi connectivity index (χ1v) is 12.9. The predicted octanol–water partition coefficient (Wildman–Crippen LogP) is 3.62. The van der Waals surface area contributed by atoms with Crippen LogP contribution in [0, 0.1) is 5.92 Å². The fraction of sp³-hybridized carbons (Fsp3) is 0.360. The molecule has 1 saturated heterocycles. The zero-order chi connectivity index (χ0) is 23.7. The van der Waals surface area contributed by atoms with Gasteiger partial charge in [0, 0.05) is 30.7 Å². The lowest BCUT2D eigenvalue weighted by Gasteiger charge is -2.35. The second-order valence-corrected chi connectivity index (χ2v) is 10.3. The maximum Gasteiger partial charge on any atom is 0.310 e. The Hall–Kier alpha value is -3.33. The number of rotatable bonds is 5. The van der Waals surface area contributed by atoms with E-state index in [1.807, 2.05) is 4.90 Å². The summed E-state index contributed by atoms with van der Waals surface area (Å²) in [4.78, 5) is 19.3. The normalized spacial score (nSPS) is 18.0. The first kappa shape index (κ1) is 22.5. The van der Waals surface area contributed by atoms with Crippen molar-refractivity contribution in [2.75, 3.05) is 37.8 Å². The Balaban J connectivity index is 1.69. The molecule has 3 aromatic rings. The predicted molar refractivity (Wildman–Crippen MR) is 126 cm³/mol. The Morgan fingerprint density at radius 2 is 1.88 bits per heavy atom. The van der Waals surface area contributed by atoms with Crippen LogP contribution in [0.5, 0.6) is 11.5 Å². The van der Waals surface area contributed by atoms with Crippen molar-refractivity contribution < 1.29 is 27.4 Å². The summed E-state index contributed by atoms with van der Waals surface area (Å²) in [6.45, 7) is 3.93. The third-order valence-electron chi connectivity index (χ3n) is 6.17. The molecule has 0 amide bonds. The SMILES string of the molecule is CCOC(=O)C1CCCN(c2c(S(=O)(=O)c3ccccc3)cnc3cc4c(cc23)OCCO4)C1. The largest absolute Gasteiger partial charge is 0.486 e. The maximum absolute atomic E-state index is 13.7. The average molecular weight is 483 g/mol. The summed E-state index contributed by atoms with van der Waals surface area (Å²) in [5, 5.41) is 0.644. The van der Waals surface area contributed by atoms with Gasteiger partial charge in [0.1, 0.15) is 18.1 Å². The number of nitrogens with zero attached hydrogens (tertiary/aromatic N) is 2. The van der Waals surface area contributed by atoms with Gasteiger partial charge in [-0.25, -0.2) is 8.42 Å². The zero-order valence-corrected chi connectivity index (χ0v) is 19.7. The molecule has 2 aromatic carbocycles. The molecule has 0 spiro atoms.